The summed E-state index contributed by atoms with van der Waals surface area (Å²) in [6.07, 6.45) is 0. The molecule has 0 saturated carbocycles. The van der Waals surface area contributed by atoms with Gasteiger partial charge >= 0.3 is 6.01 Å². The quantitative estimate of drug-likeness (QED) is 0.566. The first kappa shape index (κ1) is 13.9. The molecule has 106 valence electrons. The van der Waals surface area contributed by atoms with Crippen LogP contribution in [0.4, 0.5) is 22.0 Å². The minimum absolute atomic E-state index is 0.131. The SMILES string of the molecule is CCOc1nc(NN)nc(Nc2cccc(F)c2C)n1. The summed E-state index contributed by atoms with van der Waals surface area (Å²) in [4.78, 5) is 12.0. The van der Waals surface area contributed by atoms with Crippen molar-refractivity contribution in [3.05, 3.63) is 29.6 Å². The number of halogens is 1. The lowest BCUT2D eigenvalue weighted by molar-refractivity contribution is 0.312. The lowest BCUT2D eigenvalue weighted by atomic mass is 10.2. The maximum atomic E-state index is 13.5. The van der Waals surface area contributed by atoms with E-state index in [9.17, 15) is 4.39 Å². The average Bonchev–Trinajstić information content (AvgIpc) is 2.44. The van der Waals surface area contributed by atoms with Crippen molar-refractivity contribution in [3.8, 4) is 6.01 Å². The number of ether oxygens (including phenoxy) is 1. The normalized spacial score (nSPS) is 10.2. The van der Waals surface area contributed by atoms with Crippen LogP contribution in [0.2, 0.25) is 0 Å². The summed E-state index contributed by atoms with van der Waals surface area (Å²) in [6.45, 7) is 3.88. The van der Waals surface area contributed by atoms with Crippen molar-refractivity contribution >= 4 is 17.6 Å². The standard InChI is InChI=1S/C12H15FN6O/c1-3-20-12-17-10(16-11(18-12)19-14)15-9-6-4-5-8(13)7(9)2/h4-6H,3,14H2,1-2H3,(H2,15,16,17,18,19). The van der Waals surface area contributed by atoms with Gasteiger partial charge in [-0.15, -0.1) is 0 Å². The van der Waals surface area contributed by atoms with Gasteiger partial charge in [0.25, 0.3) is 0 Å². The van der Waals surface area contributed by atoms with Gasteiger partial charge in [0.05, 0.1) is 6.61 Å². The summed E-state index contributed by atoms with van der Waals surface area (Å²) in [5.41, 5.74) is 3.34. The van der Waals surface area contributed by atoms with E-state index in [1.54, 1.807) is 19.1 Å². The maximum Gasteiger partial charge on any atom is 0.323 e. The van der Waals surface area contributed by atoms with Gasteiger partial charge in [-0.3, -0.25) is 5.43 Å². The van der Waals surface area contributed by atoms with Crippen LogP contribution in [0.5, 0.6) is 6.01 Å². The van der Waals surface area contributed by atoms with E-state index >= 15 is 0 Å². The molecular weight excluding hydrogens is 263 g/mol. The van der Waals surface area contributed by atoms with Crippen molar-refractivity contribution in [1.82, 2.24) is 15.0 Å². The van der Waals surface area contributed by atoms with Crippen molar-refractivity contribution in [2.75, 3.05) is 17.3 Å². The lowest BCUT2D eigenvalue weighted by Crippen LogP contribution is -2.13. The zero-order valence-corrected chi connectivity index (χ0v) is 11.1. The zero-order chi connectivity index (χ0) is 14.5. The van der Waals surface area contributed by atoms with E-state index in [-0.39, 0.29) is 23.7 Å². The molecule has 0 aliphatic heterocycles. The number of hydrogen-bond donors (Lipinski definition) is 3. The second-order valence-corrected chi connectivity index (χ2v) is 3.88. The van der Waals surface area contributed by atoms with Crippen molar-refractivity contribution in [2.45, 2.75) is 13.8 Å². The Balaban J connectivity index is 2.32. The molecule has 2 rings (SSSR count). The van der Waals surface area contributed by atoms with Crippen LogP contribution in [0.15, 0.2) is 18.2 Å². The fourth-order valence-corrected chi connectivity index (χ4v) is 1.53. The number of anilines is 3. The second-order valence-electron chi connectivity index (χ2n) is 3.88. The third-order valence-electron chi connectivity index (χ3n) is 2.53. The van der Waals surface area contributed by atoms with Crippen LogP contribution in [-0.4, -0.2) is 21.6 Å². The third kappa shape index (κ3) is 3.09. The van der Waals surface area contributed by atoms with E-state index in [0.29, 0.717) is 17.9 Å². The van der Waals surface area contributed by atoms with E-state index in [2.05, 4.69) is 25.7 Å². The minimum Gasteiger partial charge on any atom is -0.464 e. The molecule has 0 fully saturated rings. The predicted octanol–water partition coefficient (Wildman–Crippen LogP) is 1.75. The largest absolute Gasteiger partial charge is 0.464 e. The van der Waals surface area contributed by atoms with Gasteiger partial charge < -0.3 is 10.1 Å². The summed E-state index contributed by atoms with van der Waals surface area (Å²) >= 11 is 0. The molecule has 8 heteroatoms. The van der Waals surface area contributed by atoms with E-state index in [0.717, 1.165) is 0 Å². The number of nitrogens with one attached hydrogen (secondary N) is 2. The van der Waals surface area contributed by atoms with Gasteiger partial charge in [0.2, 0.25) is 11.9 Å². The third-order valence-corrected chi connectivity index (χ3v) is 2.53. The topological polar surface area (TPSA) is 98.0 Å². The first-order chi connectivity index (χ1) is 9.63. The number of nitrogens with two attached hydrogens (primary N) is 1. The summed E-state index contributed by atoms with van der Waals surface area (Å²) < 4.78 is 18.7. The Kier molecular flexibility index (Phi) is 4.26. The van der Waals surface area contributed by atoms with Gasteiger partial charge in [-0.25, -0.2) is 10.2 Å². The molecule has 0 radical (unpaired) electrons. The van der Waals surface area contributed by atoms with E-state index in [1.165, 1.54) is 6.07 Å². The summed E-state index contributed by atoms with van der Waals surface area (Å²) in [5, 5.41) is 2.91. The highest BCUT2D eigenvalue weighted by atomic mass is 19.1. The van der Waals surface area contributed by atoms with Gasteiger partial charge in [-0.2, -0.15) is 15.0 Å². The van der Waals surface area contributed by atoms with Gasteiger partial charge in [0.1, 0.15) is 5.82 Å². The maximum absolute atomic E-state index is 13.5. The molecule has 1 heterocycles. The minimum atomic E-state index is -0.314. The fraction of sp³-hybridized carbons (Fsp3) is 0.250. The van der Waals surface area contributed by atoms with Crippen LogP contribution in [0.1, 0.15) is 12.5 Å². The number of rotatable bonds is 5. The molecule has 0 aliphatic rings. The van der Waals surface area contributed by atoms with Gasteiger partial charge in [0, 0.05) is 11.3 Å². The molecule has 1 aromatic carbocycles. The van der Waals surface area contributed by atoms with Crippen molar-refractivity contribution in [1.29, 1.82) is 0 Å². The molecule has 0 aliphatic carbocycles. The van der Waals surface area contributed by atoms with Gasteiger partial charge in [-0.05, 0) is 26.0 Å². The van der Waals surface area contributed by atoms with E-state index in [4.69, 9.17) is 10.6 Å². The second kappa shape index (κ2) is 6.11. The van der Waals surface area contributed by atoms with Crippen LogP contribution in [0.3, 0.4) is 0 Å². The van der Waals surface area contributed by atoms with Crippen molar-refractivity contribution in [2.24, 2.45) is 5.84 Å². The molecule has 2 aromatic rings. The first-order valence-electron chi connectivity index (χ1n) is 6.01. The van der Waals surface area contributed by atoms with Crippen LogP contribution >= 0.6 is 0 Å². The van der Waals surface area contributed by atoms with Crippen LogP contribution in [0, 0.1) is 12.7 Å². The molecule has 0 spiro atoms. The van der Waals surface area contributed by atoms with Crippen LogP contribution in [0.25, 0.3) is 0 Å². The number of nitrogen functional groups attached to an aromatic ring is 1. The Morgan fingerprint density at radius 2 is 2.00 bits per heavy atom. The summed E-state index contributed by atoms with van der Waals surface area (Å²) in [7, 11) is 0. The Morgan fingerprint density at radius 3 is 2.70 bits per heavy atom. The molecule has 4 N–H and O–H groups in total. The molecule has 0 bridgehead atoms. The Bertz CT molecular complexity index is 606. The smallest absolute Gasteiger partial charge is 0.323 e. The Hall–Kier alpha value is -2.48. The number of aromatic nitrogens is 3. The number of benzene rings is 1. The zero-order valence-electron chi connectivity index (χ0n) is 11.1. The molecular formula is C12H15FN6O. The van der Waals surface area contributed by atoms with E-state index in [1.807, 2.05) is 6.92 Å². The highest BCUT2D eigenvalue weighted by molar-refractivity contribution is 5.59. The molecule has 0 amide bonds. The predicted molar refractivity (Wildman–Crippen MR) is 73.2 cm³/mol. The summed E-state index contributed by atoms with van der Waals surface area (Å²) in [5.74, 6) is 5.34. The van der Waals surface area contributed by atoms with Crippen molar-refractivity contribution < 1.29 is 9.13 Å². The Morgan fingerprint density at radius 1 is 1.25 bits per heavy atom. The van der Waals surface area contributed by atoms with Crippen LogP contribution in [-0.2, 0) is 0 Å². The number of hydrogen-bond acceptors (Lipinski definition) is 7. The molecule has 0 atom stereocenters. The fourth-order valence-electron chi connectivity index (χ4n) is 1.53. The number of hydrazine groups is 1. The van der Waals surface area contributed by atoms with E-state index < -0.39 is 0 Å². The molecule has 0 unspecified atom stereocenters. The average molecular weight is 278 g/mol. The Labute approximate surface area is 115 Å². The van der Waals surface area contributed by atoms with Gasteiger partial charge in [-0.1, -0.05) is 6.07 Å². The molecule has 1 aromatic heterocycles. The molecule has 7 nitrogen and oxygen atoms in total. The summed E-state index contributed by atoms with van der Waals surface area (Å²) in [6, 6.07) is 4.83. The highest BCUT2D eigenvalue weighted by Gasteiger charge is 2.09. The number of nitrogens with zero attached hydrogens (tertiary/aromatic N) is 3. The van der Waals surface area contributed by atoms with Crippen LogP contribution < -0.4 is 21.3 Å². The monoisotopic (exact) mass is 278 g/mol. The lowest BCUT2D eigenvalue weighted by Gasteiger charge is -2.10. The molecule has 20 heavy (non-hydrogen) atoms. The molecule has 0 saturated heterocycles. The highest BCUT2D eigenvalue weighted by Crippen LogP contribution is 2.21. The van der Waals surface area contributed by atoms with Gasteiger partial charge in [0.15, 0.2) is 0 Å². The first-order valence-corrected chi connectivity index (χ1v) is 6.01. The van der Waals surface area contributed by atoms with Crippen molar-refractivity contribution in [3.63, 3.8) is 0 Å².